The minimum absolute atomic E-state index is 0.133. The number of carbonyl (C=O) groups is 2. The van der Waals surface area contributed by atoms with Gasteiger partial charge in [-0.05, 0) is 38.1 Å². The number of amides is 2. The van der Waals surface area contributed by atoms with E-state index >= 15 is 0 Å². The minimum Gasteiger partial charge on any atom is -0.380 e. The highest BCUT2D eigenvalue weighted by Gasteiger charge is 2.25. The molecule has 0 aromatic carbocycles. The van der Waals surface area contributed by atoms with E-state index in [9.17, 15) is 9.59 Å². The summed E-state index contributed by atoms with van der Waals surface area (Å²) in [7, 11) is 0. The highest BCUT2D eigenvalue weighted by Crippen LogP contribution is 2.24. The zero-order chi connectivity index (χ0) is 23.9. The zero-order valence-electron chi connectivity index (χ0n) is 19.5. The van der Waals surface area contributed by atoms with Gasteiger partial charge in [0, 0.05) is 63.8 Å². The smallest absolute Gasteiger partial charge is 0.272 e. The van der Waals surface area contributed by atoms with Crippen molar-refractivity contribution >= 4 is 23.3 Å². The summed E-state index contributed by atoms with van der Waals surface area (Å²) in [5.74, 6) is 0.549. The molecule has 1 fully saturated rings. The normalized spacial score (nSPS) is 13.7. The summed E-state index contributed by atoms with van der Waals surface area (Å²) in [5.41, 5.74) is 2.64. The van der Waals surface area contributed by atoms with Crippen molar-refractivity contribution in [3.63, 3.8) is 0 Å². The van der Waals surface area contributed by atoms with Crippen molar-refractivity contribution in [1.82, 2.24) is 30.2 Å². The third kappa shape index (κ3) is 5.69. The van der Waals surface area contributed by atoms with Gasteiger partial charge in [-0.15, -0.1) is 0 Å². The maximum absolute atomic E-state index is 12.9. The Kier molecular flexibility index (Phi) is 7.36. The average molecular weight is 463 g/mol. The van der Waals surface area contributed by atoms with Gasteiger partial charge in [-0.25, -0.2) is 9.97 Å². The highest BCUT2D eigenvalue weighted by atomic mass is 16.2. The fourth-order valence-corrected chi connectivity index (χ4v) is 3.84. The van der Waals surface area contributed by atoms with E-state index in [4.69, 9.17) is 0 Å². The monoisotopic (exact) mass is 462 g/mol. The molecule has 0 unspecified atom stereocenters. The summed E-state index contributed by atoms with van der Waals surface area (Å²) < 4.78 is 0. The van der Waals surface area contributed by atoms with Gasteiger partial charge in [-0.3, -0.25) is 14.6 Å². The number of hydrogen-bond donors (Lipinski definition) is 3. The second-order valence-electron chi connectivity index (χ2n) is 8.45. The third-order valence-corrected chi connectivity index (χ3v) is 5.56. The standard InChI is InChI=1S/C24H30N8O2/c1-17(2)30-20-4-3-8-26-22(20)31-10-12-32(13-11-31)24(34)21-6-5-18(14-28-21)23(33)27-9-7-19-15-25-16-29-19/h3-6,8,14-17,30H,7,9-13H2,1-2H3,(H,25,29)(H,27,33). The van der Waals surface area contributed by atoms with Crippen LogP contribution in [0.15, 0.2) is 49.2 Å². The number of rotatable bonds is 8. The second kappa shape index (κ2) is 10.8. The first-order valence-corrected chi connectivity index (χ1v) is 11.5. The Labute approximate surface area is 198 Å². The number of pyridine rings is 2. The summed E-state index contributed by atoms with van der Waals surface area (Å²) in [6, 6.07) is 7.50. The van der Waals surface area contributed by atoms with Crippen LogP contribution >= 0.6 is 0 Å². The topological polar surface area (TPSA) is 119 Å². The molecule has 10 heteroatoms. The van der Waals surface area contributed by atoms with Crippen LogP contribution in [-0.4, -0.2) is 75.4 Å². The van der Waals surface area contributed by atoms with Crippen molar-refractivity contribution < 1.29 is 9.59 Å². The Morgan fingerprint density at radius 3 is 2.59 bits per heavy atom. The Morgan fingerprint density at radius 2 is 1.91 bits per heavy atom. The first-order valence-electron chi connectivity index (χ1n) is 11.5. The molecule has 3 aromatic heterocycles. The van der Waals surface area contributed by atoms with Gasteiger partial charge in [0.25, 0.3) is 11.8 Å². The van der Waals surface area contributed by atoms with Crippen molar-refractivity contribution in [2.24, 2.45) is 0 Å². The van der Waals surface area contributed by atoms with Gasteiger partial charge >= 0.3 is 0 Å². The Morgan fingerprint density at radius 1 is 1.09 bits per heavy atom. The number of imidazole rings is 1. The van der Waals surface area contributed by atoms with Gasteiger partial charge in [-0.2, -0.15) is 0 Å². The zero-order valence-corrected chi connectivity index (χ0v) is 19.5. The SMILES string of the molecule is CC(C)Nc1cccnc1N1CCN(C(=O)c2ccc(C(=O)NCCc3c[nH]cn3)cn2)CC1. The average Bonchev–Trinajstić information content (AvgIpc) is 3.37. The molecular weight excluding hydrogens is 432 g/mol. The maximum Gasteiger partial charge on any atom is 0.272 e. The van der Waals surface area contributed by atoms with Crippen LogP contribution in [0.5, 0.6) is 0 Å². The lowest BCUT2D eigenvalue weighted by Gasteiger charge is -2.36. The number of aromatic nitrogens is 4. The fraction of sp³-hybridized carbons (Fsp3) is 0.375. The van der Waals surface area contributed by atoms with Crippen LogP contribution in [0, 0.1) is 0 Å². The molecule has 1 saturated heterocycles. The lowest BCUT2D eigenvalue weighted by Crippen LogP contribution is -2.49. The van der Waals surface area contributed by atoms with Crippen LogP contribution < -0.4 is 15.5 Å². The summed E-state index contributed by atoms with van der Waals surface area (Å²) in [6.45, 7) is 7.19. The molecule has 2 amide bonds. The molecule has 34 heavy (non-hydrogen) atoms. The van der Waals surface area contributed by atoms with Crippen LogP contribution in [-0.2, 0) is 6.42 Å². The van der Waals surface area contributed by atoms with Crippen LogP contribution in [0.4, 0.5) is 11.5 Å². The first kappa shape index (κ1) is 23.2. The molecule has 0 aliphatic carbocycles. The Bertz CT molecular complexity index is 1090. The van der Waals surface area contributed by atoms with Crippen molar-refractivity contribution in [2.75, 3.05) is 42.9 Å². The van der Waals surface area contributed by atoms with Crippen LogP contribution in [0.3, 0.4) is 0 Å². The summed E-state index contributed by atoms with van der Waals surface area (Å²) >= 11 is 0. The van der Waals surface area contributed by atoms with E-state index in [1.165, 1.54) is 6.20 Å². The van der Waals surface area contributed by atoms with Crippen LogP contribution in [0.2, 0.25) is 0 Å². The number of carbonyl (C=O) groups excluding carboxylic acids is 2. The van der Waals surface area contributed by atoms with E-state index in [0.717, 1.165) is 17.2 Å². The van der Waals surface area contributed by atoms with E-state index < -0.39 is 0 Å². The third-order valence-electron chi connectivity index (χ3n) is 5.56. The molecule has 0 spiro atoms. The molecule has 0 saturated carbocycles. The van der Waals surface area contributed by atoms with Crippen molar-refractivity contribution in [3.05, 3.63) is 66.1 Å². The summed E-state index contributed by atoms with van der Waals surface area (Å²) in [6.07, 6.45) is 7.28. The number of aromatic amines is 1. The molecule has 3 aromatic rings. The number of nitrogens with one attached hydrogen (secondary N) is 3. The molecule has 178 valence electrons. The summed E-state index contributed by atoms with van der Waals surface area (Å²) in [4.78, 5) is 45.1. The quantitative estimate of drug-likeness (QED) is 0.468. The number of anilines is 2. The molecule has 4 heterocycles. The Balaban J connectivity index is 1.30. The molecular formula is C24H30N8O2. The predicted octanol–water partition coefficient (Wildman–Crippen LogP) is 1.95. The van der Waals surface area contributed by atoms with Gasteiger partial charge < -0.3 is 25.4 Å². The van der Waals surface area contributed by atoms with Gasteiger partial charge in [-0.1, -0.05) is 0 Å². The molecule has 3 N–H and O–H groups in total. The molecule has 1 aliphatic heterocycles. The maximum atomic E-state index is 12.9. The minimum atomic E-state index is -0.225. The van der Waals surface area contributed by atoms with Crippen LogP contribution in [0.25, 0.3) is 0 Å². The fourth-order valence-electron chi connectivity index (χ4n) is 3.84. The van der Waals surface area contributed by atoms with Gasteiger partial charge in [0.05, 0.1) is 23.3 Å². The molecule has 0 radical (unpaired) electrons. The molecule has 1 aliphatic rings. The second-order valence-corrected chi connectivity index (χ2v) is 8.45. The van der Waals surface area contributed by atoms with E-state index in [2.05, 4.69) is 49.3 Å². The lowest BCUT2D eigenvalue weighted by atomic mass is 10.2. The van der Waals surface area contributed by atoms with E-state index in [1.807, 2.05) is 12.1 Å². The van der Waals surface area contributed by atoms with Gasteiger partial charge in [0.1, 0.15) is 5.69 Å². The number of piperazine rings is 1. The lowest BCUT2D eigenvalue weighted by molar-refractivity contribution is 0.0740. The Hall–Kier alpha value is -3.95. The number of H-pyrrole nitrogens is 1. The van der Waals surface area contributed by atoms with Gasteiger partial charge in [0.15, 0.2) is 5.82 Å². The van der Waals surface area contributed by atoms with Gasteiger partial charge in [0.2, 0.25) is 0 Å². The molecule has 0 bridgehead atoms. The number of hydrogen-bond acceptors (Lipinski definition) is 7. The van der Waals surface area contributed by atoms with Crippen molar-refractivity contribution in [3.8, 4) is 0 Å². The first-order chi connectivity index (χ1) is 16.5. The largest absolute Gasteiger partial charge is 0.380 e. The van der Waals surface area contributed by atoms with E-state index in [0.29, 0.717) is 56.4 Å². The van der Waals surface area contributed by atoms with Crippen LogP contribution in [0.1, 0.15) is 40.4 Å². The molecule has 4 rings (SSSR count). The molecule has 10 nitrogen and oxygen atoms in total. The number of nitrogens with zero attached hydrogens (tertiary/aromatic N) is 5. The highest BCUT2D eigenvalue weighted by molar-refractivity contribution is 5.96. The van der Waals surface area contributed by atoms with E-state index in [-0.39, 0.29) is 11.8 Å². The summed E-state index contributed by atoms with van der Waals surface area (Å²) in [5, 5.41) is 6.27. The van der Waals surface area contributed by atoms with Crippen molar-refractivity contribution in [1.29, 1.82) is 0 Å². The molecule has 0 atom stereocenters. The van der Waals surface area contributed by atoms with Crippen molar-refractivity contribution in [2.45, 2.75) is 26.3 Å². The van der Waals surface area contributed by atoms with E-state index in [1.54, 1.807) is 35.8 Å². The predicted molar refractivity (Wildman–Crippen MR) is 130 cm³/mol.